The Morgan fingerprint density at radius 3 is 2.52 bits per heavy atom. The molecule has 0 saturated carbocycles. The van der Waals surface area contributed by atoms with Crippen molar-refractivity contribution in [3.8, 4) is 33.5 Å². The van der Waals surface area contributed by atoms with Gasteiger partial charge in [-0.15, -0.1) is 0 Å². The van der Waals surface area contributed by atoms with Gasteiger partial charge in [0, 0.05) is 57.5 Å². The molecule has 0 radical (unpaired) electrons. The molecule has 0 aliphatic carbocycles. The average Bonchev–Trinajstić information content (AvgIpc) is 2.80. The standard InChI is InChI=1S/C24H15ClFN5/c25-17-4-5-21(26)20(9-17)22-10-19(18-2-1-7-29-24(18)31-22)16-8-15(11-28-12-16)14-3-6-23(27)30-13-14/h1-13H,(H2,27,30). The highest BCUT2D eigenvalue weighted by Crippen LogP contribution is 2.34. The highest BCUT2D eigenvalue weighted by atomic mass is 35.5. The summed E-state index contributed by atoms with van der Waals surface area (Å²) in [6, 6.07) is 15.6. The fourth-order valence-corrected chi connectivity index (χ4v) is 3.62. The van der Waals surface area contributed by atoms with Gasteiger partial charge in [-0.1, -0.05) is 11.6 Å². The van der Waals surface area contributed by atoms with Crippen molar-refractivity contribution in [1.29, 1.82) is 0 Å². The Morgan fingerprint density at radius 2 is 1.68 bits per heavy atom. The van der Waals surface area contributed by atoms with E-state index in [1.165, 1.54) is 12.1 Å². The van der Waals surface area contributed by atoms with E-state index in [0.717, 1.165) is 27.6 Å². The molecule has 1 aromatic carbocycles. The van der Waals surface area contributed by atoms with Gasteiger partial charge in [-0.05, 0) is 60.2 Å². The summed E-state index contributed by atoms with van der Waals surface area (Å²) in [6.45, 7) is 0. The average molecular weight is 428 g/mol. The van der Waals surface area contributed by atoms with Crippen LogP contribution in [0.5, 0.6) is 0 Å². The van der Waals surface area contributed by atoms with Crippen LogP contribution in [0.15, 0.2) is 79.4 Å². The molecule has 0 saturated heterocycles. The maximum Gasteiger partial charge on any atom is 0.160 e. The summed E-state index contributed by atoms with van der Waals surface area (Å²) in [5.41, 5.74) is 10.4. The Morgan fingerprint density at radius 1 is 0.806 bits per heavy atom. The highest BCUT2D eigenvalue weighted by molar-refractivity contribution is 6.30. The molecule has 0 fully saturated rings. The number of benzene rings is 1. The summed E-state index contributed by atoms with van der Waals surface area (Å²) in [5, 5.41) is 1.27. The van der Waals surface area contributed by atoms with Crippen molar-refractivity contribution in [2.24, 2.45) is 0 Å². The van der Waals surface area contributed by atoms with Gasteiger partial charge < -0.3 is 5.73 Å². The number of hydrogen-bond donors (Lipinski definition) is 1. The van der Waals surface area contributed by atoms with Gasteiger partial charge in [-0.3, -0.25) is 4.98 Å². The molecule has 150 valence electrons. The van der Waals surface area contributed by atoms with Gasteiger partial charge in [0.1, 0.15) is 11.6 Å². The topological polar surface area (TPSA) is 77.6 Å². The van der Waals surface area contributed by atoms with Crippen LogP contribution in [0.2, 0.25) is 5.02 Å². The first kappa shape index (κ1) is 19.1. The van der Waals surface area contributed by atoms with Crippen LogP contribution in [0.1, 0.15) is 0 Å². The summed E-state index contributed by atoms with van der Waals surface area (Å²) in [7, 11) is 0. The van der Waals surface area contributed by atoms with Crippen LogP contribution in [0.4, 0.5) is 10.2 Å². The molecule has 0 amide bonds. The molecule has 5 rings (SSSR count). The zero-order chi connectivity index (χ0) is 21.4. The van der Waals surface area contributed by atoms with Crippen molar-refractivity contribution < 1.29 is 4.39 Å². The van der Waals surface area contributed by atoms with Gasteiger partial charge in [-0.25, -0.2) is 19.3 Å². The van der Waals surface area contributed by atoms with Crippen LogP contribution in [-0.2, 0) is 0 Å². The number of aromatic nitrogens is 4. The highest BCUT2D eigenvalue weighted by Gasteiger charge is 2.14. The van der Waals surface area contributed by atoms with Gasteiger partial charge in [0.25, 0.3) is 0 Å². The molecular weight excluding hydrogens is 413 g/mol. The Kier molecular flexibility index (Phi) is 4.76. The minimum Gasteiger partial charge on any atom is -0.384 e. The molecule has 5 nitrogen and oxygen atoms in total. The number of halogens is 2. The predicted molar refractivity (Wildman–Crippen MR) is 121 cm³/mol. The Hall–Kier alpha value is -3.90. The van der Waals surface area contributed by atoms with E-state index in [0.29, 0.717) is 27.7 Å². The number of pyridine rings is 4. The van der Waals surface area contributed by atoms with Crippen molar-refractivity contribution in [2.75, 3.05) is 5.73 Å². The van der Waals surface area contributed by atoms with E-state index < -0.39 is 5.82 Å². The van der Waals surface area contributed by atoms with Crippen molar-refractivity contribution in [3.63, 3.8) is 0 Å². The van der Waals surface area contributed by atoms with Gasteiger partial charge in [0.2, 0.25) is 0 Å². The first-order chi connectivity index (χ1) is 15.1. The summed E-state index contributed by atoms with van der Waals surface area (Å²) in [5.74, 6) is 0.0465. The van der Waals surface area contributed by atoms with E-state index in [1.54, 1.807) is 36.9 Å². The summed E-state index contributed by atoms with van der Waals surface area (Å²) in [4.78, 5) is 17.5. The van der Waals surface area contributed by atoms with Gasteiger partial charge >= 0.3 is 0 Å². The van der Waals surface area contributed by atoms with Gasteiger partial charge in [0.05, 0.1) is 5.69 Å². The first-order valence-electron chi connectivity index (χ1n) is 9.47. The lowest BCUT2D eigenvalue weighted by atomic mass is 9.98. The SMILES string of the molecule is Nc1ccc(-c2cncc(-c3cc(-c4cc(Cl)ccc4F)nc4ncccc34)c2)cn1. The number of rotatable bonds is 3. The van der Waals surface area contributed by atoms with E-state index in [9.17, 15) is 4.39 Å². The van der Waals surface area contributed by atoms with Crippen molar-refractivity contribution in [2.45, 2.75) is 0 Å². The van der Waals surface area contributed by atoms with E-state index in [1.807, 2.05) is 30.3 Å². The second-order valence-electron chi connectivity index (χ2n) is 6.99. The zero-order valence-electron chi connectivity index (χ0n) is 16.1. The fraction of sp³-hybridized carbons (Fsp3) is 0. The third kappa shape index (κ3) is 3.69. The quantitative estimate of drug-likeness (QED) is 0.394. The van der Waals surface area contributed by atoms with Crippen molar-refractivity contribution in [3.05, 3.63) is 90.2 Å². The number of fused-ring (bicyclic) bond motifs is 1. The molecule has 31 heavy (non-hydrogen) atoms. The fourth-order valence-electron chi connectivity index (χ4n) is 3.45. The van der Waals surface area contributed by atoms with E-state index in [-0.39, 0.29) is 0 Å². The minimum absolute atomic E-state index is 0.313. The molecule has 4 heterocycles. The first-order valence-corrected chi connectivity index (χ1v) is 9.85. The molecule has 0 bridgehead atoms. The maximum atomic E-state index is 14.6. The molecule has 7 heteroatoms. The molecule has 2 N–H and O–H groups in total. The minimum atomic E-state index is -0.405. The van der Waals surface area contributed by atoms with Crippen molar-refractivity contribution in [1.82, 2.24) is 19.9 Å². The van der Waals surface area contributed by atoms with Crippen molar-refractivity contribution >= 4 is 28.5 Å². The monoisotopic (exact) mass is 427 g/mol. The number of nitrogens with zero attached hydrogens (tertiary/aromatic N) is 4. The second kappa shape index (κ2) is 7.74. The Labute approximate surface area is 182 Å². The Bertz CT molecular complexity index is 1420. The maximum absolute atomic E-state index is 14.6. The van der Waals surface area contributed by atoms with E-state index >= 15 is 0 Å². The largest absolute Gasteiger partial charge is 0.384 e. The lowest BCUT2D eigenvalue weighted by Gasteiger charge is -2.11. The van der Waals surface area contributed by atoms with E-state index in [4.69, 9.17) is 17.3 Å². The molecule has 5 aromatic rings. The summed E-state index contributed by atoms with van der Waals surface area (Å²) in [6.07, 6.45) is 6.88. The normalized spacial score (nSPS) is 11.0. The van der Waals surface area contributed by atoms with Crippen LogP contribution in [0.3, 0.4) is 0 Å². The number of nitrogen functional groups attached to an aromatic ring is 1. The van der Waals surface area contributed by atoms with Crippen LogP contribution >= 0.6 is 11.6 Å². The van der Waals surface area contributed by atoms with Gasteiger partial charge in [0.15, 0.2) is 5.65 Å². The number of nitrogens with two attached hydrogens (primary N) is 1. The molecule has 0 unspecified atom stereocenters. The second-order valence-corrected chi connectivity index (χ2v) is 7.42. The number of anilines is 1. The molecule has 0 aliphatic heterocycles. The van der Waals surface area contributed by atoms with E-state index in [2.05, 4.69) is 19.9 Å². The smallest absolute Gasteiger partial charge is 0.160 e. The third-order valence-electron chi connectivity index (χ3n) is 4.96. The van der Waals surface area contributed by atoms with Crippen LogP contribution in [0.25, 0.3) is 44.5 Å². The lowest BCUT2D eigenvalue weighted by Crippen LogP contribution is -1.94. The number of hydrogen-bond acceptors (Lipinski definition) is 5. The van der Waals surface area contributed by atoms with Gasteiger partial charge in [-0.2, -0.15) is 0 Å². The summed E-state index contributed by atoms with van der Waals surface area (Å²) >= 11 is 6.11. The summed E-state index contributed by atoms with van der Waals surface area (Å²) < 4.78 is 14.6. The molecular formula is C24H15ClFN5. The Balaban J connectivity index is 1.72. The van der Waals surface area contributed by atoms with Crippen LogP contribution in [0, 0.1) is 5.82 Å². The molecule has 4 aromatic heterocycles. The van der Waals surface area contributed by atoms with Crippen LogP contribution in [-0.4, -0.2) is 19.9 Å². The zero-order valence-corrected chi connectivity index (χ0v) is 16.9. The molecule has 0 aliphatic rings. The predicted octanol–water partition coefficient (Wildman–Crippen LogP) is 5.80. The third-order valence-corrected chi connectivity index (χ3v) is 5.19. The molecule has 0 spiro atoms. The molecule has 0 atom stereocenters. The lowest BCUT2D eigenvalue weighted by molar-refractivity contribution is 0.631. The van der Waals surface area contributed by atoms with Crippen LogP contribution < -0.4 is 5.73 Å².